The van der Waals surface area contributed by atoms with E-state index in [0.29, 0.717) is 11.5 Å². The van der Waals surface area contributed by atoms with Crippen LogP contribution in [0.2, 0.25) is 0 Å². The predicted molar refractivity (Wildman–Crippen MR) is 73.1 cm³/mol. The summed E-state index contributed by atoms with van der Waals surface area (Å²) in [5.74, 6) is 0. The Morgan fingerprint density at radius 1 is 1.41 bits per heavy atom. The summed E-state index contributed by atoms with van der Waals surface area (Å²) in [6.45, 7) is 10.2. The molecule has 1 unspecified atom stereocenters. The van der Waals surface area contributed by atoms with Gasteiger partial charge in [-0.25, -0.2) is 0 Å². The van der Waals surface area contributed by atoms with E-state index in [-0.39, 0.29) is 0 Å². The standard InChI is InChI=1S/C14H27N3/c1-6-15-13(14(2,3)4)9-7-8-12-10-11-16-17(12)5/h10-11,13,15H,6-9H2,1-5H3. The third-order valence-electron chi connectivity index (χ3n) is 3.34. The third-order valence-corrected chi connectivity index (χ3v) is 3.34. The number of rotatable bonds is 6. The quantitative estimate of drug-likeness (QED) is 0.824. The van der Waals surface area contributed by atoms with E-state index in [9.17, 15) is 0 Å². The fourth-order valence-electron chi connectivity index (χ4n) is 2.22. The molecule has 0 bridgehead atoms. The number of aryl methyl sites for hydroxylation is 2. The summed E-state index contributed by atoms with van der Waals surface area (Å²) in [4.78, 5) is 0. The van der Waals surface area contributed by atoms with E-state index in [4.69, 9.17) is 0 Å². The summed E-state index contributed by atoms with van der Waals surface area (Å²) in [5.41, 5.74) is 1.66. The van der Waals surface area contributed by atoms with Crippen LogP contribution in [0.3, 0.4) is 0 Å². The first-order valence-electron chi connectivity index (χ1n) is 6.65. The monoisotopic (exact) mass is 237 g/mol. The van der Waals surface area contributed by atoms with Gasteiger partial charge in [0.05, 0.1) is 0 Å². The normalized spacial score (nSPS) is 13.9. The van der Waals surface area contributed by atoms with Crippen LogP contribution >= 0.6 is 0 Å². The molecule has 0 saturated carbocycles. The van der Waals surface area contributed by atoms with Crippen molar-refractivity contribution >= 4 is 0 Å². The minimum Gasteiger partial charge on any atom is -0.314 e. The molecule has 98 valence electrons. The molecule has 0 aliphatic heterocycles. The zero-order valence-electron chi connectivity index (χ0n) is 12.0. The molecule has 0 fully saturated rings. The molecule has 0 spiro atoms. The average Bonchev–Trinajstić information content (AvgIpc) is 2.62. The van der Waals surface area contributed by atoms with Crippen molar-refractivity contribution in [2.75, 3.05) is 6.54 Å². The van der Waals surface area contributed by atoms with E-state index in [2.05, 4.69) is 44.2 Å². The Labute approximate surface area is 106 Å². The molecule has 0 saturated heterocycles. The van der Waals surface area contributed by atoms with Crippen LogP contribution in [0.4, 0.5) is 0 Å². The van der Waals surface area contributed by atoms with E-state index in [1.807, 2.05) is 17.9 Å². The molecule has 0 aromatic carbocycles. The second kappa shape index (κ2) is 6.20. The topological polar surface area (TPSA) is 29.9 Å². The first-order valence-corrected chi connectivity index (χ1v) is 6.65. The molecule has 3 nitrogen and oxygen atoms in total. The van der Waals surface area contributed by atoms with Crippen LogP contribution in [0, 0.1) is 5.41 Å². The predicted octanol–water partition coefficient (Wildman–Crippen LogP) is 2.77. The third kappa shape index (κ3) is 4.50. The molecule has 3 heteroatoms. The lowest BCUT2D eigenvalue weighted by molar-refractivity contribution is 0.254. The van der Waals surface area contributed by atoms with Crippen molar-refractivity contribution in [1.82, 2.24) is 15.1 Å². The first-order chi connectivity index (χ1) is 7.95. The minimum atomic E-state index is 0.336. The van der Waals surface area contributed by atoms with Gasteiger partial charge in [-0.15, -0.1) is 0 Å². The Morgan fingerprint density at radius 2 is 2.12 bits per heavy atom. The number of hydrogen-bond acceptors (Lipinski definition) is 2. The van der Waals surface area contributed by atoms with Crippen molar-refractivity contribution < 1.29 is 0 Å². The Morgan fingerprint density at radius 3 is 2.59 bits per heavy atom. The summed E-state index contributed by atoms with van der Waals surface area (Å²) in [6, 6.07) is 2.71. The molecule has 1 aromatic heterocycles. The van der Waals surface area contributed by atoms with Crippen LogP contribution in [0.5, 0.6) is 0 Å². The number of nitrogens with one attached hydrogen (secondary N) is 1. The molecule has 0 radical (unpaired) electrons. The fourth-order valence-corrected chi connectivity index (χ4v) is 2.22. The van der Waals surface area contributed by atoms with E-state index in [0.717, 1.165) is 13.0 Å². The van der Waals surface area contributed by atoms with Crippen LogP contribution in [-0.2, 0) is 13.5 Å². The van der Waals surface area contributed by atoms with Gasteiger partial charge in [-0.3, -0.25) is 4.68 Å². The van der Waals surface area contributed by atoms with Gasteiger partial charge in [0.1, 0.15) is 0 Å². The summed E-state index contributed by atoms with van der Waals surface area (Å²) >= 11 is 0. The highest BCUT2D eigenvalue weighted by atomic mass is 15.2. The van der Waals surface area contributed by atoms with E-state index in [1.54, 1.807) is 0 Å². The molecule has 1 atom stereocenters. The van der Waals surface area contributed by atoms with Crippen molar-refractivity contribution in [3.8, 4) is 0 Å². The van der Waals surface area contributed by atoms with Gasteiger partial charge in [0, 0.05) is 25.0 Å². The molecular weight excluding hydrogens is 210 g/mol. The van der Waals surface area contributed by atoms with Crippen LogP contribution in [0.1, 0.15) is 46.2 Å². The maximum absolute atomic E-state index is 4.20. The molecule has 1 N–H and O–H groups in total. The lowest BCUT2D eigenvalue weighted by Gasteiger charge is -2.31. The Hall–Kier alpha value is -0.830. The molecule has 1 heterocycles. The number of aromatic nitrogens is 2. The van der Waals surface area contributed by atoms with Gasteiger partial charge in [0.2, 0.25) is 0 Å². The van der Waals surface area contributed by atoms with Gasteiger partial charge < -0.3 is 5.32 Å². The average molecular weight is 237 g/mol. The molecule has 0 aliphatic carbocycles. The van der Waals surface area contributed by atoms with Gasteiger partial charge >= 0.3 is 0 Å². The zero-order valence-corrected chi connectivity index (χ0v) is 12.0. The van der Waals surface area contributed by atoms with Crippen molar-refractivity contribution in [3.63, 3.8) is 0 Å². The number of hydrogen-bond donors (Lipinski definition) is 1. The summed E-state index contributed by atoms with van der Waals surface area (Å²) in [7, 11) is 2.01. The van der Waals surface area contributed by atoms with Crippen molar-refractivity contribution in [2.24, 2.45) is 12.5 Å². The van der Waals surface area contributed by atoms with Crippen molar-refractivity contribution in [3.05, 3.63) is 18.0 Å². The molecule has 0 amide bonds. The highest BCUT2D eigenvalue weighted by Gasteiger charge is 2.22. The van der Waals surface area contributed by atoms with Crippen LogP contribution in [-0.4, -0.2) is 22.4 Å². The maximum atomic E-state index is 4.20. The highest BCUT2D eigenvalue weighted by Crippen LogP contribution is 2.23. The Bertz CT molecular complexity index is 322. The van der Waals surface area contributed by atoms with Crippen LogP contribution in [0.15, 0.2) is 12.3 Å². The van der Waals surface area contributed by atoms with Gasteiger partial charge in [-0.05, 0) is 37.3 Å². The smallest absolute Gasteiger partial charge is 0.0492 e. The second-order valence-electron chi connectivity index (χ2n) is 5.81. The SMILES string of the molecule is CCNC(CCCc1ccnn1C)C(C)(C)C. The molecule has 0 aliphatic rings. The molecule has 17 heavy (non-hydrogen) atoms. The van der Waals surface area contributed by atoms with Crippen molar-refractivity contribution in [2.45, 2.75) is 53.0 Å². The van der Waals surface area contributed by atoms with Gasteiger partial charge in [0.25, 0.3) is 0 Å². The zero-order chi connectivity index (χ0) is 12.9. The highest BCUT2D eigenvalue weighted by molar-refractivity contribution is 5.00. The fraction of sp³-hybridized carbons (Fsp3) is 0.786. The van der Waals surface area contributed by atoms with Gasteiger partial charge in [-0.1, -0.05) is 27.7 Å². The van der Waals surface area contributed by atoms with E-state index in [1.165, 1.54) is 18.5 Å². The lowest BCUT2D eigenvalue weighted by Crippen LogP contribution is -2.40. The van der Waals surface area contributed by atoms with Gasteiger partial charge in [0.15, 0.2) is 0 Å². The first kappa shape index (κ1) is 14.2. The lowest BCUT2D eigenvalue weighted by atomic mass is 9.83. The number of nitrogens with zero attached hydrogens (tertiary/aromatic N) is 2. The van der Waals surface area contributed by atoms with Crippen LogP contribution < -0.4 is 5.32 Å². The van der Waals surface area contributed by atoms with Crippen molar-refractivity contribution in [1.29, 1.82) is 0 Å². The summed E-state index contributed by atoms with van der Waals surface area (Å²) < 4.78 is 1.97. The van der Waals surface area contributed by atoms with Gasteiger partial charge in [-0.2, -0.15) is 5.10 Å². The molecular formula is C14H27N3. The maximum Gasteiger partial charge on any atom is 0.0492 e. The Balaban J connectivity index is 2.40. The minimum absolute atomic E-state index is 0.336. The van der Waals surface area contributed by atoms with E-state index < -0.39 is 0 Å². The molecule has 1 rings (SSSR count). The summed E-state index contributed by atoms with van der Waals surface area (Å²) in [6.07, 6.45) is 5.44. The largest absolute Gasteiger partial charge is 0.314 e. The second-order valence-corrected chi connectivity index (χ2v) is 5.81. The van der Waals surface area contributed by atoms with Crippen LogP contribution in [0.25, 0.3) is 0 Å². The van der Waals surface area contributed by atoms with E-state index >= 15 is 0 Å². The Kier molecular flexibility index (Phi) is 5.19. The molecule has 1 aromatic rings. The summed E-state index contributed by atoms with van der Waals surface area (Å²) in [5, 5.41) is 7.80.